The lowest BCUT2D eigenvalue weighted by Gasteiger charge is -2.23. The van der Waals surface area contributed by atoms with Gasteiger partial charge in [0.2, 0.25) is 5.91 Å². The Balaban J connectivity index is 1.78. The Morgan fingerprint density at radius 1 is 1.06 bits per heavy atom. The maximum Gasteiger partial charge on any atom is 0.315 e. The number of nitrogens with zero attached hydrogens (tertiary/aromatic N) is 2. The van der Waals surface area contributed by atoms with Crippen LogP contribution in [-0.2, 0) is 20.7 Å². The van der Waals surface area contributed by atoms with Gasteiger partial charge in [-0.3, -0.25) is 19.7 Å². The number of esters is 1. The monoisotopic (exact) mass is 456 g/mol. The number of hydrogen-bond acceptors (Lipinski definition) is 7. The molecule has 1 aliphatic carbocycles. The highest BCUT2D eigenvalue weighted by Gasteiger charge is 2.22. The molecule has 0 aliphatic heterocycles. The van der Waals surface area contributed by atoms with Crippen molar-refractivity contribution >= 4 is 23.3 Å². The summed E-state index contributed by atoms with van der Waals surface area (Å²) in [5.41, 5.74) is 1.31. The van der Waals surface area contributed by atoms with Crippen LogP contribution in [0.4, 0.5) is 11.4 Å². The summed E-state index contributed by atoms with van der Waals surface area (Å²) in [4.78, 5) is 36.4. The quantitative estimate of drug-likeness (QED) is 0.230. The second kappa shape index (κ2) is 11.3. The Bertz CT molecular complexity index is 985. The Morgan fingerprint density at radius 2 is 1.76 bits per heavy atom. The largest absolute Gasteiger partial charge is 0.493 e. The number of benzene rings is 2. The van der Waals surface area contributed by atoms with Crippen molar-refractivity contribution in [2.24, 2.45) is 0 Å². The Morgan fingerprint density at radius 3 is 2.36 bits per heavy atom. The lowest BCUT2D eigenvalue weighted by atomic mass is 10.1. The molecule has 0 bridgehead atoms. The van der Waals surface area contributed by atoms with Gasteiger partial charge >= 0.3 is 5.97 Å². The van der Waals surface area contributed by atoms with E-state index in [4.69, 9.17) is 9.47 Å². The fourth-order valence-electron chi connectivity index (χ4n) is 3.84. The van der Waals surface area contributed by atoms with Crippen LogP contribution in [0.2, 0.25) is 0 Å². The summed E-state index contributed by atoms with van der Waals surface area (Å²) < 4.78 is 16.2. The third kappa shape index (κ3) is 6.44. The average Bonchev–Trinajstić information content (AvgIpc) is 3.32. The van der Waals surface area contributed by atoms with Crippen LogP contribution in [-0.4, -0.2) is 43.7 Å². The predicted molar refractivity (Wildman–Crippen MR) is 122 cm³/mol. The maximum absolute atomic E-state index is 12.8. The van der Waals surface area contributed by atoms with E-state index in [0.29, 0.717) is 23.6 Å². The van der Waals surface area contributed by atoms with Crippen molar-refractivity contribution in [3.8, 4) is 11.5 Å². The first-order chi connectivity index (χ1) is 15.9. The second-order valence-electron chi connectivity index (χ2n) is 7.83. The van der Waals surface area contributed by atoms with Crippen LogP contribution >= 0.6 is 0 Å². The van der Waals surface area contributed by atoms with Crippen molar-refractivity contribution < 1.29 is 28.7 Å². The lowest BCUT2D eigenvalue weighted by molar-refractivity contribution is -0.384. The molecule has 1 fully saturated rings. The lowest BCUT2D eigenvalue weighted by Crippen LogP contribution is -2.34. The molecule has 9 nitrogen and oxygen atoms in total. The summed E-state index contributed by atoms with van der Waals surface area (Å²) in [6, 6.07) is 11.3. The number of non-ortho nitro benzene ring substituents is 1. The molecule has 0 radical (unpaired) electrons. The second-order valence-corrected chi connectivity index (χ2v) is 7.83. The third-order valence-corrected chi connectivity index (χ3v) is 5.64. The molecule has 0 heterocycles. The van der Waals surface area contributed by atoms with E-state index in [2.05, 4.69) is 4.74 Å². The smallest absolute Gasteiger partial charge is 0.315 e. The molecule has 176 valence electrons. The number of nitro benzene ring substituents is 1. The molecule has 0 N–H and O–H groups in total. The SMILES string of the molecule is COC(=O)CC(=O)N(CCc1ccc(OC)c(OC2CCCC2)c1)c1ccc([N+](=O)[O-])cc1. The topological polar surface area (TPSA) is 108 Å². The fourth-order valence-corrected chi connectivity index (χ4v) is 3.84. The Hall–Kier alpha value is -3.62. The summed E-state index contributed by atoms with van der Waals surface area (Å²) in [5.74, 6) is 0.222. The molecule has 0 unspecified atom stereocenters. The number of rotatable bonds is 10. The normalized spacial score (nSPS) is 13.4. The molecule has 0 spiro atoms. The van der Waals surface area contributed by atoms with Crippen LogP contribution in [0.25, 0.3) is 0 Å². The average molecular weight is 456 g/mol. The zero-order valence-corrected chi connectivity index (χ0v) is 18.8. The van der Waals surface area contributed by atoms with E-state index in [1.165, 1.54) is 36.3 Å². The standard InChI is InChI=1S/C24H28N2O7/c1-31-21-12-7-17(15-22(21)33-20-5-3-4-6-20)13-14-25(23(27)16-24(28)32-2)18-8-10-19(11-9-18)26(29)30/h7-12,15,20H,3-6,13-14,16H2,1-2H3. The number of methoxy groups -OCH3 is 2. The summed E-state index contributed by atoms with van der Waals surface area (Å²) in [6.07, 6.45) is 4.57. The minimum absolute atomic E-state index is 0.0806. The van der Waals surface area contributed by atoms with Crippen LogP contribution < -0.4 is 14.4 Å². The minimum atomic E-state index is -0.649. The van der Waals surface area contributed by atoms with Crippen LogP contribution in [0.15, 0.2) is 42.5 Å². The van der Waals surface area contributed by atoms with Crippen molar-refractivity contribution in [2.75, 3.05) is 25.7 Å². The highest BCUT2D eigenvalue weighted by molar-refractivity contribution is 6.03. The summed E-state index contributed by atoms with van der Waals surface area (Å²) in [5, 5.41) is 11.0. The first-order valence-corrected chi connectivity index (χ1v) is 10.9. The molecule has 0 aromatic heterocycles. The van der Waals surface area contributed by atoms with Crippen molar-refractivity contribution in [1.29, 1.82) is 0 Å². The minimum Gasteiger partial charge on any atom is -0.493 e. The molecule has 2 aromatic rings. The Kier molecular flexibility index (Phi) is 8.23. The number of ether oxygens (including phenoxy) is 3. The summed E-state index contributed by atoms with van der Waals surface area (Å²) >= 11 is 0. The Labute approximate surface area is 192 Å². The number of carbonyl (C=O) groups is 2. The summed E-state index contributed by atoms with van der Waals surface area (Å²) in [6.45, 7) is 0.267. The van der Waals surface area contributed by atoms with Crippen molar-refractivity contribution in [3.63, 3.8) is 0 Å². The van der Waals surface area contributed by atoms with E-state index in [9.17, 15) is 19.7 Å². The van der Waals surface area contributed by atoms with Gasteiger partial charge in [0.25, 0.3) is 5.69 Å². The fraction of sp³-hybridized carbons (Fsp3) is 0.417. The van der Waals surface area contributed by atoms with Gasteiger partial charge in [0, 0.05) is 24.4 Å². The number of nitro groups is 1. The van der Waals surface area contributed by atoms with Gasteiger partial charge in [0.05, 0.1) is 25.2 Å². The molecule has 1 aliphatic rings. The first kappa shape index (κ1) is 24.0. The predicted octanol–water partition coefficient (Wildman–Crippen LogP) is 4.06. The summed E-state index contributed by atoms with van der Waals surface area (Å²) in [7, 11) is 2.81. The van der Waals surface area contributed by atoms with E-state index in [1.54, 1.807) is 7.11 Å². The number of anilines is 1. The van der Waals surface area contributed by atoms with Gasteiger partial charge in [-0.15, -0.1) is 0 Å². The molecule has 1 saturated carbocycles. The molecular weight excluding hydrogens is 428 g/mol. The van der Waals surface area contributed by atoms with E-state index in [0.717, 1.165) is 31.2 Å². The van der Waals surface area contributed by atoms with Crippen LogP contribution in [0.1, 0.15) is 37.7 Å². The van der Waals surface area contributed by atoms with E-state index < -0.39 is 23.2 Å². The van der Waals surface area contributed by atoms with Gasteiger partial charge in [0.1, 0.15) is 6.42 Å². The number of amides is 1. The molecular formula is C24H28N2O7. The van der Waals surface area contributed by atoms with Gasteiger partial charge < -0.3 is 19.1 Å². The molecule has 2 aromatic carbocycles. The van der Waals surface area contributed by atoms with Gasteiger partial charge in [-0.2, -0.15) is 0 Å². The first-order valence-electron chi connectivity index (χ1n) is 10.9. The zero-order valence-electron chi connectivity index (χ0n) is 18.8. The zero-order chi connectivity index (χ0) is 23.8. The van der Waals surface area contributed by atoms with Gasteiger partial charge in [-0.1, -0.05) is 6.07 Å². The molecule has 0 saturated heterocycles. The molecule has 0 atom stereocenters. The van der Waals surface area contributed by atoms with Crippen LogP contribution in [0.5, 0.6) is 11.5 Å². The van der Waals surface area contributed by atoms with Crippen molar-refractivity contribution in [3.05, 3.63) is 58.1 Å². The van der Waals surface area contributed by atoms with E-state index in [-0.39, 0.29) is 18.3 Å². The van der Waals surface area contributed by atoms with Crippen LogP contribution in [0.3, 0.4) is 0 Å². The molecule has 33 heavy (non-hydrogen) atoms. The van der Waals surface area contributed by atoms with Crippen molar-refractivity contribution in [1.82, 2.24) is 0 Å². The number of hydrogen-bond donors (Lipinski definition) is 0. The number of carbonyl (C=O) groups excluding carboxylic acids is 2. The molecule has 1 amide bonds. The highest BCUT2D eigenvalue weighted by atomic mass is 16.6. The molecule has 9 heteroatoms. The third-order valence-electron chi connectivity index (χ3n) is 5.64. The van der Waals surface area contributed by atoms with E-state index in [1.807, 2.05) is 18.2 Å². The van der Waals surface area contributed by atoms with Crippen LogP contribution in [0, 0.1) is 10.1 Å². The van der Waals surface area contributed by atoms with E-state index >= 15 is 0 Å². The molecule has 3 rings (SSSR count). The van der Waals surface area contributed by atoms with Gasteiger partial charge in [-0.25, -0.2) is 0 Å². The van der Waals surface area contributed by atoms with Gasteiger partial charge in [0.15, 0.2) is 11.5 Å². The van der Waals surface area contributed by atoms with Gasteiger partial charge in [-0.05, 0) is 61.9 Å². The highest BCUT2D eigenvalue weighted by Crippen LogP contribution is 2.33. The maximum atomic E-state index is 12.8. The van der Waals surface area contributed by atoms with Crippen molar-refractivity contribution in [2.45, 2.75) is 44.6 Å².